The SMILES string of the molecule is CCO/C(=C/C(=O)O[C@H](C)CC1CCn2c(C)c(-c3cc(O)c(Cl)cc3F)c(=O)n2C1)COc1cc(-c2c(Cl)n3n(c2=O)CCCC3)c(F)cc1Cl. The van der Waals surface area contributed by atoms with E-state index in [4.69, 9.17) is 49.0 Å². The van der Waals surface area contributed by atoms with Crippen molar-refractivity contribution in [3.63, 3.8) is 0 Å². The number of halogens is 5. The fraction of sp³-hybridized carbons (Fsp3) is 0.417. The van der Waals surface area contributed by atoms with E-state index in [-0.39, 0.29) is 73.8 Å². The first-order valence-electron chi connectivity index (χ1n) is 16.9. The Kier molecular flexibility index (Phi) is 11.1. The van der Waals surface area contributed by atoms with Crippen LogP contribution in [-0.4, -0.2) is 49.1 Å². The number of hydrogen-bond acceptors (Lipinski definition) is 7. The molecule has 0 bridgehead atoms. The summed E-state index contributed by atoms with van der Waals surface area (Å²) in [5.41, 5.74) is -0.151. The molecule has 6 rings (SSSR count). The van der Waals surface area contributed by atoms with E-state index in [2.05, 4.69) is 0 Å². The van der Waals surface area contributed by atoms with Gasteiger partial charge >= 0.3 is 5.97 Å². The van der Waals surface area contributed by atoms with E-state index in [1.54, 1.807) is 34.8 Å². The van der Waals surface area contributed by atoms with E-state index in [1.807, 2.05) is 0 Å². The van der Waals surface area contributed by atoms with Gasteiger partial charge in [-0.1, -0.05) is 34.8 Å². The Morgan fingerprint density at radius 3 is 2.29 bits per heavy atom. The van der Waals surface area contributed by atoms with Gasteiger partial charge in [-0.15, -0.1) is 0 Å². The molecule has 16 heteroatoms. The van der Waals surface area contributed by atoms with Crippen molar-refractivity contribution in [3.8, 4) is 33.8 Å². The summed E-state index contributed by atoms with van der Waals surface area (Å²) in [6.07, 6.45) is 3.41. The zero-order chi connectivity index (χ0) is 37.4. The molecule has 11 nitrogen and oxygen atoms in total. The number of phenolic OH excluding ortho intramolecular Hbond substituents is 1. The highest BCUT2D eigenvalue weighted by atomic mass is 35.5. The Bertz CT molecular complexity index is 2190. The Morgan fingerprint density at radius 2 is 1.60 bits per heavy atom. The Balaban J connectivity index is 1.11. The summed E-state index contributed by atoms with van der Waals surface area (Å²) in [6, 6.07) is 4.49. The van der Waals surface area contributed by atoms with Crippen molar-refractivity contribution in [2.45, 2.75) is 78.7 Å². The van der Waals surface area contributed by atoms with Crippen LogP contribution in [0.2, 0.25) is 15.2 Å². The number of aromatic hydroxyl groups is 1. The largest absolute Gasteiger partial charge is 0.506 e. The van der Waals surface area contributed by atoms with Gasteiger partial charge in [-0.05, 0) is 76.6 Å². The molecule has 0 saturated carbocycles. The van der Waals surface area contributed by atoms with E-state index in [0.717, 1.165) is 37.1 Å². The summed E-state index contributed by atoms with van der Waals surface area (Å²) in [5.74, 6) is -2.30. The molecule has 2 aliphatic rings. The molecule has 0 spiro atoms. The number of ether oxygens (including phenoxy) is 3. The van der Waals surface area contributed by atoms with Gasteiger partial charge in [0.1, 0.15) is 40.7 Å². The van der Waals surface area contributed by atoms with Gasteiger partial charge in [0, 0.05) is 43.0 Å². The average molecular weight is 782 g/mol. The minimum atomic E-state index is -0.736. The normalized spacial score (nSPS) is 16.3. The zero-order valence-corrected chi connectivity index (χ0v) is 31.0. The highest BCUT2D eigenvalue weighted by molar-refractivity contribution is 6.33. The number of carbonyl (C=O) groups excluding carboxylic acids is 1. The topological polar surface area (TPSA) is 119 Å². The highest BCUT2D eigenvalue weighted by Crippen LogP contribution is 2.37. The molecule has 0 radical (unpaired) electrons. The monoisotopic (exact) mass is 780 g/mol. The standard InChI is InChI=1S/C36H37Cl3F2N4O7/c1-4-50-22(18-51-30-14-24(28(41)16-26(30)38)33-34(39)43-8-5-6-9-44(43)36(33)49)12-31(47)52-19(2)11-21-7-10-42-20(3)32(35(48)45(42)17-21)23-13-29(46)25(37)15-27(23)40/h12-16,19,21,46H,4-11,17-18H2,1-3H3/b22-12+/t19-,21?/m1/s1. The van der Waals surface area contributed by atoms with Crippen LogP contribution < -0.4 is 15.9 Å². The van der Waals surface area contributed by atoms with Crippen LogP contribution in [0.3, 0.4) is 0 Å². The van der Waals surface area contributed by atoms with Crippen molar-refractivity contribution in [1.29, 1.82) is 0 Å². The molecule has 2 aromatic heterocycles. The van der Waals surface area contributed by atoms with Crippen LogP contribution in [0.4, 0.5) is 8.78 Å². The number of benzene rings is 2. The van der Waals surface area contributed by atoms with Gasteiger partial charge in [-0.3, -0.25) is 19.0 Å². The van der Waals surface area contributed by atoms with Gasteiger partial charge in [-0.2, -0.15) is 0 Å². The first-order valence-corrected chi connectivity index (χ1v) is 18.1. The van der Waals surface area contributed by atoms with Gasteiger partial charge in [-0.25, -0.2) is 22.9 Å². The number of rotatable bonds is 11. The lowest BCUT2D eigenvalue weighted by Crippen LogP contribution is -2.34. The van der Waals surface area contributed by atoms with Crippen molar-refractivity contribution in [2.75, 3.05) is 13.2 Å². The van der Waals surface area contributed by atoms with Crippen molar-refractivity contribution < 1.29 is 32.9 Å². The van der Waals surface area contributed by atoms with Gasteiger partial charge in [0.25, 0.3) is 11.1 Å². The van der Waals surface area contributed by atoms with Crippen LogP contribution in [0.15, 0.2) is 45.7 Å². The van der Waals surface area contributed by atoms with Crippen LogP contribution in [0.1, 0.15) is 45.2 Å². The summed E-state index contributed by atoms with van der Waals surface area (Å²) in [6.45, 7) is 6.98. The molecule has 2 aromatic carbocycles. The fourth-order valence-corrected chi connectivity index (χ4v) is 7.68. The third kappa shape index (κ3) is 7.35. The molecule has 52 heavy (non-hydrogen) atoms. The molecule has 4 aromatic rings. The van der Waals surface area contributed by atoms with E-state index in [0.29, 0.717) is 44.7 Å². The van der Waals surface area contributed by atoms with E-state index < -0.39 is 34.8 Å². The quantitative estimate of drug-likeness (QED) is 0.0962. The van der Waals surface area contributed by atoms with Crippen LogP contribution >= 0.6 is 34.8 Å². The van der Waals surface area contributed by atoms with Gasteiger partial charge < -0.3 is 19.3 Å². The molecule has 4 heterocycles. The van der Waals surface area contributed by atoms with Gasteiger partial charge in [0.05, 0.1) is 40.0 Å². The third-order valence-electron chi connectivity index (χ3n) is 9.39. The van der Waals surface area contributed by atoms with E-state index in [1.165, 1.54) is 10.7 Å². The van der Waals surface area contributed by atoms with Crippen molar-refractivity contribution in [2.24, 2.45) is 5.92 Å². The molecular weight excluding hydrogens is 745 g/mol. The second-order valence-electron chi connectivity index (χ2n) is 12.9. The second-order valence-corrected chi connectivity index (χ2v) is 14.1. The van der Waals surface area contributed by atoms with Crippen molar-refractivity contribution in [1.82, 2.24) is 18.7 Å². The smallest absolute Gasteiger partial charge is 0.334 e. The molecular formula is C36H37Cl3F2N4O7. The van der Waals surface area contributed by atoms with Crippen LogP contribution in [0, 0.1) is 24.5 Å². The summed E-state index contributed by atoms with van der Waals surface area (Å²) in [5, 5.41) is 9.99. The number of carbonyl (C=O) groups is 1. The maximum atomic E-state index is 15.1. The van der Waals surface area contributed by atoms with Gasteiger partial charge in [0.2, 0.25) is 0 Å². The number of nitrogens with zero attached hydrogens (tertiary/aromatic N) is 4. The highest BCUT2D eigenvalue weighted by Gasteiger charge is 2.29. The van der Waals surface area contributed by atoms with Crippen molar-refractivity contribution >= 4 is 40.8 Å². The number of phenols is 1. The number of esters is 1. The minimum absolute atomic E-state index is 0.0167. The first kappa shape index (κ1) is 37.6. The minimum Gasteiger partial charge on any atom is -0.506 e. The van der Waals surface area contributed by atoms with Crippen molar-refractivity contribution in [3.05, 3.63) is 89.3 Å². The molecule has 0 fully saturated rings. The van der Waals surface area contributed by atoms with Crippen LogP contribution in [0.5, 0.6) is 11.5 Å². The molecule has 0 amide bonds. The number of aromatic nitrogens is 4. The first-order chi connectivity index (χ1) is 24.8. The molecule has 0 aliphatic carbocycles. The predicted octanol–water partition coefficient (Wildman–Crippen LogP) is 7.33. The zero-order valence-electron chi connectivity index (χ0n) is 28.7. The summed E-state index contributed by atoms with van der Waals surface area (Å²) in [7, 11) is 0. The Morgan fingerprint density at radius 1 is 0.942 bits per heavy atom. The van der Waals surface area contributed by atoms with Gasteiger partial charge in [0.15, 0.2) is 0 Å². The molecule has 1 unspecified atom stereocenters. The Labute approximate surface area is 312 Å². The third-order valence-corrected chi connectivity index (χ3v) is 10.4. The lowest BCUT2D eigenvalue weighted by atomic mass is 9.97. The molecule has 2 aliphatic heterocycles. The number of fused-ring (bicyclic) bond motifs is 2. The fourth-order valence-electron chi connectivity index (χ4n) is 6.97. The maximum absolute atomic E-state index is 15.1. The predicted molar refractivity (Wildman–Crippen MR) is 192 cm³/mol. The Hall–Kier alpha value is -4.20. The molecule has 0 saturated heterocycles. The van der Waals surface area contributed by atoms with E-state index in [9.17, 15) is 23.9 Å². The maximum Gasteiger partial charge on any atom is 0.334 e. The van der Waals surface area contributed by atoms with Crippen LogP contribution in [-0.2, 0) is 40.4 Å². The summed E-state index contributed by atoms with van der Waals surface area (Å²) in [4.78, 5) is 39.5. The summed E-state index contributed by atoms with van der Waals surface area (Å²) >= 11 is 18.7. The van der Waals surface area contributed by atoms with E-state index >= 15 is 4.39 Å². The summed E-state index contributed by atoms with van der Waals surface area (Å²) < 4.78 is 53.5. The molecule has 2 atom stereocenters. The van der Waals surface area contributed by atoms with Crippen LogP contribution in [0.25, 0.3) is 22.3 Å². The lowest BCUT2D eigenvalue weighted by Gasteiger charge is -2.28. The molecule has 278 valence electrons. The average Bonchev–Trinajstić information content (AvgIpc) is 3.49. The second kappa shape index (κ2) is 15.4. The molecule has 1 N–H and O–H groups in total. The number of hydrogen-bond donors (Lipinski definition) is 1. The lowest BCUT2D eigenvalue weighted by molar-refractivity contribution is -0.143.